The van der Waals surface area contributed by atoms with Gasteiger partial charge in [-0.2, -0.15) is 0 Å². The van der Waals surface area contributed by atoms with E-state index >= 15 is 0 Å². The quantitative estimate of drug-likeness (QED) is 0.669. The van der Waals surface area contributed by atoms with Gasteiger partial charge in [0, 0.05) is 6.04 Å². The van der Waals surface area contributed by atoms with Crippen molar-refractivity contribution in [3.8, 4) is 0 Å². The molecule has 4 heteroatoms. The Labute approximate surface area is 89.1 Å². The number of nitrogens with two attached hydrogens (primary N) is 1. The molecule has 0 bridgehead atoms. The van der Waals surface area contributed by atoms with Crippen LogP contribution in [0.1, 0.15) is 20.3 Å². The largest absolute Gasteiger partial charge is 0.397 e. The predicted molar refractivity (Wildman–Crippen MR) is 60.2 cm³/mol. The zero-order chi connectivity index (χ0) is 11.4. The fourth-order valence-electron chi connectivity index (χ4n) is 1.49. The van der Waals surface area contributed by atoms with E-state index < -0.39 is 0 Å². The number of hydrogen-bond donors (Lipinski definition) is 3. The average Bonchev–Trinajstić information content (AvgIpc) is 2.10. The second kappa shape index (κ2) is 4.98. The number of benzene rings is 1. The van der Waals surface area contributed by atoms with Crippen LogP contribution >= 0.6 is 0 Å². The van der Waals surface area contributed by atoms with Crippen molar-refractivity contribution in [2.75, 3.05) is 11.1 Å². The van der Waals surface area contributed by atoms with Gasteiger partial charge >= 0.3 is 0 Å². The summed E-state index contributed by atoms with van der Waals surface area (Å²) < 4.78 is 12.9. The van der Waals surface area contributed by atoms with Crippen LogP contribution in [0.2, 0.25) is 0 Å². The van der Waals surface area contributed by atoms with Gasteiger partial charge < -0.3 is 16.2 Å². The first-order valence-corrected chi connectivity index (χ1v) is 4.98. The Balaban J connectivity index is 2.67. The van der Waals surface area contributed by atoms with E-state index in [2.05, 4.69) is 5.32 Å². The SMILES string of the molecule is CC(O)CC(C)Nc1cc(F)ccc1N. The van der Waals surface area contributed by atoms with Gasteiger partial charge in [-0.15, -0.1) is 0 Å². The highest BCUT2D eigenvalue weighted by molar-refractivity contribution is 5.66. The van der Waals surface area contributed by atoms with Crippen molar-refractivity contribution in [2.45, 2.75) is 32.4 Å². The molecule has 0 aliphatic heterocycles. The van der Waals surface area contributed by atoms with Crippen LogP contribution in [-0.4, -0.2) is 17.3 Å². The molecule has 0 amide bonds. The molecule has 0 aliphatic carbocycles. The molecule has 0 radical (unpaired) electrons. The number of rotatable bonds is 4. The first kappa shape index (κ1) is 11.8. The molecule has 0 heterocycles. The van der Waals surface area contributed by atoms with Crippen LogP contribution in [0, 0.1) is 5.82 Å². The van der Waals surface area contributed by atoms with Crippen LogP contribution in [0.5, 0.6) is 0 Å². The third-order valence-corrected chi connectivity index (χ3v) is 2.11. The number of anilines is 2. The Morgan fingerprint density at radius 1 is 1.47 bits per heavy atom. The maximum atomic E-state index is 12.9. The highest BCUT2D eigenvalue weighted by atomic mass is 19.1. The van der Waals surface area contributed by atoms with Crippen molar-refractivity contribution >= 4 is 11.4 Å². The molecular weight excluding hydrogens is 195 g/mol. The summed E-state index contributed by atoms with van der Waals surface area (Å²) in [5, 5.41) is 12.2. The van der Waals surface area contributed by atoms with Crippen molar-refractivity contribution in [2.24, 2.45) is 0 Å². The van der Waals surface area contributed by atoms with E-state index in [0.29, 0.717) is 17.8 Å². The van der Waals surface area contributed by atoms with Gasteiger partial charge in [0.05, 0.1) is 17.5 Å². The van der Waals surface area contributed by atoms with E-state index in [1.54, 1.807) is 6.92 Å². The molecule has 4 N–H and O–H groups in total. The van der Waals surface area contributed by atoms with Gasteiger partial charge in [0.15, 0.2) is 0 Å². The van der Waals surface area contributed by atoms with Crippen LogP contribution in [0.3, 0.4) is 0 Å². The van der Waals surface area contributed by atoms with Crippen LogP contribution in [-0.2, 0) is 0 Å². The number of nitrogen functional groups attached to an aromatic ring is 1. The second-order valence-electron chi connectivity index (χ2n) is 3.86. The lowest BCUT2D eigenvalue weighted by Gasteiger charge is -2.18. The molecule has 0 aliphatic rings. The minimum atomic E-state index is -0.387. The number of hydrogen-bond acceptors (Lipinski definition) is 3. The molecule has 2 atom stereocenters. The molecule has 0 saturated carbocycles. The third kappa shape index (κ3) is 3.75. The number of aliphatic hydroxyl groups excluding tert-OH is 1. The molecule has 0 spiro atoms. The Bertz CT molecular complexity index is 328. The van der Waals surface area contributed by atoms with Crippen molar-refractivity contribution in [1.82, 2.24) is 0 Å². The number of halogens is 1. The zero-order valence-electron chi connectivity index (χ0n) is 9.00. The molecule has 0 aromatic heterocycles. The van der Waals surface area contributed by atoms with E-state index in [-0.39, 0.29) is 18.0 Å². The average molecular weight is 212 g/mol. The van der Waals surface area contributed by atoms with Gasteiger partial charge in [0.1, 0.15) is 5.82 Å². The minimum Gasteiger partial charge on any atom is -0.397 e. The van der Waals surface area contributed by atoms with Crippen LogP contribution < -0.4 is 11.1 Å². The summed E-state index contributed by atoms with van der Waals surface area (Å²) in [4.78, 5) is 0. The monoisotopic (exact) mass is 212 g/mol. The van der Waals surface area contributed by atoms with E-state index in [0.717, 1.165) is 0 Å². The molecule has 0 saturated heterocycles. The number of nitrogens with one attached hydrogen (secondary N) is 1. The lowest BCUT2D eigenvalue weighted by atomic mass is 10.1. The molecule has 84 valence electrons. The minimum absolute atomic E-state index is 0.0501. The lowest BCUT2D eigenvalue weighted by Crippen LogP contribution is -2.21. The molecule has 3 nitrogen and oxygen atoms in total. The van der Waals surface area contributed by atoms with Crippen molar-refractivity contribution in [3.05, 3.63) is 24.0 Å². The Morgan fingerprint density at radius 2 is 2.13 bits per heavy atom. The molecule has 15 heavy (non-hydrogen) atoms. The van der Waals surface area contributed by atoms with E-state index in [4.69, 9.17) is 5.73 Å². The van der Waals surface area contributed by atoms with E-state index in [9.17, 15) is 9.50 Å². The van der Waals surface area contributed by atoms with Gasteiger partial charge in [0.2, 0.25) is 0 Å². The van der Waals surface area contributed by atoms with Gasteiger partial charge in [-0.1, -0.05) is 0 Å². The first-order chi connectivity index (χ1) is 6.99. The van der Waals surface area contributed by atoms with Crippen molar-refractivity contribution in [3.63, 3.8) is 0 Å². The van der Waals surface area contributed by atoms with Gasteiger partial charge in [-0.25, -0.2) is 4.39 Å². The maximum Gasteiger partial charge on any atom is 0.125 e. The molecular formula is C11H17FN2O. The van der Waals surface area contributed by atoms with Crippen molar-refractivity contribution in [1.29, 1.82) is 0 Å². The smallest absolute Gasteiger partial charge is 0.125 e. The zero-order valence-corrected chi connectivity index (χ0v) is 9.00. The normalized spacial score (nSPS) is 14.7. The second-order valence-corrected chi connectivity index (χ2v) is 3.86. The summed E-state index contributed by atoms with van der Waals surface area (Å²) >= 11 is 0. The van der Waals surface area contributed by atoms with Gasteiger partial charge in [0.25, 0.3) is 0 Å². The molecule has 1 aromatic carbocycles. The highest BCUT2D eigenvalue weighted by Crippen LogP contribution is 2.20. The Hall–Kier alpha value is -1.29. The summed E-state index contributed by atoms with van der Waals surface area (Å²) in [5.41, 5.74) is 6.76. The van der Waals surface area contributed by atoms with Crippen LogP contribution in [0.15, 0.2) is 18.2 Å². The standard InChI is InChI=1S/C11H17FN2O/c1-7(5-8(2)15)14-11-6-9(12)3-4-10(11)13/h3-4,6-8,14-15H,5,13H2,1-2H3. The fourth-order valence-corrected chi connectivity index (χ4v) is 1.49. The summed E-state index contributed by atoms with van der Waals surface area (Å²) in [7, 11) is 0. The molecule has 2 unspecified atom stereocenters. The van der Waals surface area contributed by atoms with E-state index in [1.807, 2.05) is 6.92 Å². The molecule has 1 rings (SSSR count). The van der Waals surface area contributed by atoms with Crippen LogP contribution in [0.4, 0.5) is 15.8 Å². The van der Waals surface area contributed by atoms with Gasteiger partial charge in [-0.3, -0.25) is 0 Å². The number of aliphatic hydroxyl groups is 1. The van der Waals surface area contributed by atoms with Gasteiger partial charge in [-0.05, 0) is 38.5 Å². The summed E-state index contributed by atoms with van der Waals surface area (Å²) in [5.74, 6) is -0.323. The summed E-state index contributed by atoms with van der Waals surface area (Å²) in [6.45, 7) is 3.63. The molecule has 0 fully saturated rings. The Morgan fingerprint density at radius 3 is 2.73 bits per heavy atom. The predicted octanol–water partition coefficient (Wildman–Crippen LogP) is 1.98. The summed E-state index contributed by atoms with van der Waals surface area (Å²) in [6, 6.07) is 4.25. The molecule has 1 aromatic rings. The van der Waals surface area contributed by atoms with Crippen molar-refractivity contribution < 1.29 is 9.50 Å². The third-order valence-electron chi connectivity index (χ3n) is 2.11. The highest BCUT2D eigenvalue weighted by Gasteiger charge is 2.08. The maximum absolute atomic E-state index is 12.9. The first-order valence-electron chi connectivity index (χ1n) is 4.98. The topological polar surface area (TPSA) is 58.3 Å². The fraction of sp³-hybridized carbons (Fsp3) is 0.455. The Kier molecular flexibility index (Phi) is 3.91. The lowest BCUT2D eigenvalue weighted by molar-refractivity contribution is 0.179. The summed E-state index contributed by atoms with van der Waals surface area (Å²) in [6.07, 6.45) is 0.206. The van der Waals surface area contributed by atoms with E-state index in [1.165, 1.54) is 18.2 Å². The van der Waals surface area contributed by atoms with Crippen LogP contribution in [0.25, 0.3) is 0 Å².